The van der Waals surface area contributed by atoms with Gasteiger partial charge >= 0.3 is 5.97 Å². The highest BCUT2D eigenvalue weighted by atomic mass is 16.5. The number of amides is 1. The van der Waals surface area contributed by atoms with Crippen molar-refractivity contribution in [2.24, 2.45) is 0 Å². The van der Waals surface area contributed by atoms with Gasteiger partial charge in [-0.3, -0.25) is 9.78 Å². The zero-order valence-corrected chi connectivity index (χ0v) is 13.0. The lowest BCUT2D eigenvalue weighted by atomic mass is 9.96. The minimum atomic E-state index is -0.376. The first-order valence-electron chi connectivity index (χ1n) is 7.55. The summed E-state index contributed by atoms with van der Waals surface area (Å²) in [7, 11) is 1.36. The molecule has 5 nitrogen and oxygen atoms in total. The fraction of sp³-hybridized carbons (Fsp3) is 0.278. The summed E-state index contributed by atoms with van der Waals surface area (Å²) in [5.41, 5.74) is 3.36. The minimum absolute atomic E-state index is 0.0883. The molecule has 3 rings (SSSR count). The number of ether oxygens (including phenoxy) is 1. The maximum atomic E-state index is 12.5. The number of esters is 1. The number of methoxy groups -OCH3 is 1. The number of nitrogens with zero attached hydrogens (tertiary/aromatic N) is 2. The predicted molar refractivity (Wildman–Crippen MR) is 84.8 cm³/mol. The number of benzene rings is 1. The molecule has 1 aliphatic heterocycles. The number of fused-ring (bicyclic) bond motifs is 1. The van der Waals surface area contributed by atoms with Gasteiger partial charge in [-0.1, -0.05) is 30.3 Å². The first kappa shape index (κ1) is 15.2. The van der Waals surface area contributed by atoms with Crippen LogP contribution in [0.15, 0.2) is 42.7 Å². The maximum absolute atomic E-state index is 12.5. The van der Waals surface area contributed by atoms with Crippen LogP contribution in [-0.4, -0.2) is 35.4 Å². The molecule has 2 heterocycles. The predicted octanol–water partition coefficient (Wildman–Crippen LogP) is 2.00. The van der Waals surface area contributed by atoms with Gasteiger partial charge in [-0.2, -0.15) is 0 Å². The van der Waals surface area contributed by atoms with Gasteiger partial charge in [0.2, 0.25) is 5.91 Å². The molecular weight excluding hydrogens is 292 g/mol. The Bertz CT molecular complexity index is 728. The van der Waals surface area contributed by atoms with Crippen molar-refractivity contribution in [2.45, 2.75) is 19.4 Å². The van der Waals surface area contributed by atoms with E-state index in [1.54, 1.807) is 6.20 Å². The molecule has 0 radical (unpaired) electrons. The number of carbonyl (C=O) groups excluding carboxylic acids is 2. The molecule has 0 N–H and O–H groups in total. The molecule has 2 aromatic rings. The molecule has 1 aromatic carbocycles. The molecule has 0 atom stereocenters. The van der Waals surface area contributed by atoms with Gasteiger partial charge < -0.3 is 9.64 Å². The quantitative estimate of drug-likeness (QED) is 0.814. The van der Waals surface area contributed by atoms with E-state index in [0.29, 0.717) is 31.5 Å². The van der Waals surface area contributed by atoms with E-state index in [4.69, 9.17) is 4.74 Å². The van der Waals surface area contributed by atoms with Crippen LogP contribution in [0.3, 0.4) is 0 Å². The molecule has 0 spiro atoms. The first-order valence-corrected chi connectivity index (χ1v) is 7.55. The van der Waals surface area contributed by atoms with Crippen molar-refractivity contribution in [3.63, 3.8) is 0 Å². The Hall–Kier alpha value is -2.69. The average molecular weight is 310 g/mol. The van der Waals surface area contributed by atoms with Crippen LogP contribution in [0.4, 0.5) is 0 Å². The second kappa shape index (κ2) is 6.60. The van der Waals surface area contributed by atoms with E-state index in [1.807, 2.05) is 35.2 Å². The third kappa shape index (κ3) is 3.23. The Balaban J connectivity index is 1.75. The lowest BCUT2D eigenvalue weighted by Gasteiger charge is -2.29. The Morgan fingerprint density at radius 1 is 1.22 bits per heavy atom. The van der Waals surface area contributed by atoms with Crippen molar-refractivity contribution in [1.29, 1.82) is 0 Å². The lowest BCUT2D eigenvalue weighted by molar-refractivity contribution is -0.131. The van der Waals surface area contributed by atoms with E-state index in [1.165, 1.54) is 13.3 Å². The van der Waals surface area contributed by atoms with Crippen LogP contribution in [0.5, 0.6) is 0 Å². The summed E-state index contributed by atoms with van der Waals surface area (Å²) in [5, 5.41) is 0. The molecule has 1 amide bonds. The summed E-state index contributed by atoms with van der Waals surface area (Å²) in [6, 6.07) is 9.70. The van der Waals surface area contributed by atoms with E-state index in [-0.39, 0.29) is 11.9 Å². The van der Waals surface area contributed by atoms with E-state index in [0.717, 1.165) is 16.7 Å². The van der Waals surface area contributed by atoms with E-state index >= 15 is 0 Å². The smallest absolute Gasteiger partial charge is 0.339 e. The first-order chi connectivity index (χ1) is 11.2. The van der Waals surface area contributed by atoms with E-state index in [2.05, 4.69) is 4.98 Å². The largest absolute Gasteiger partial charge is 0.465 e. The van der Waals surface area contributed by atoms with Gasteiger partial charge in [0.15, 0.2) is 0 Å². The summed E-state index contributed by atoms with van der Waals surface area (Å²) < 4.78 is 4.80. The fourth-order valence-corrected chi connectivity index (χ4v) is 2.87. The Kier molecular flexibility index (Phi) is 4.37. The highest BCUT2D eigenvalue weighted by molar-refractivity contribution is 5.91. The maximum Gasteiger partial charge on any atom is 0.339 e. The normalized spacial score (nSPS) is 13.3. The van der Waals surface area contributed by atoms with Gasteiger partial charge in [0.05, 0.1) is 19.1 Å². The highest BCUT2D eigenvalue weighted by Crippen LogP contribution is 2.22. The van der Waals surface area contributed by atoms with Gasteiger partial charge in [-0.15, -0.1) is 0 Å². The molecule has 0 fully saturated rings. The van der Waals surface area contributed by atoms with Crippen LogP contribution in [0.2, 0.25) is 0 Å². The molecular formula is C18H18N2O3. The van der Waals surface area contributed by atoms with Crippen LogP contribution >= 0.6 is 0 Å². The van der Waals surface area contributed by atoms with Crippen LogP contribution in [0, 0.1) is 0 Å². The number of hydrogen-bond acceptors (Lipinski definition) is 4. The van der Waals surface area contributed by atoms with Gasteiger partial charge in [-0.25, -0.2) is 4.79 Å². The zero-order valence-electron chi connectivity index (χ0n) is 13.0. The summed E-state index contributed by atoms with van der Waals surface area (Å²) in [6.07, 6.45) is 4.29. The second-order valence-corrected chi connectivity index (χ2v) is 5.54. The standard InChI is InChI=1S/C18H18N2O3/c1-23-18(22)16-11-19-10-14-12-20(8-7-15(14)16)17(21)9-13-5-3-2-4-6-13/h2-6,10-11H,7-9,12H2,1H3. The SMILES string of the molecule is COC(=O)c1cncc2c1CCN(C(=O)Cc1ccccc1)C2. The van der Waals surface area contributed by atoms with E-state index < -0.39 is 0 Å². The highest BCUT2D eigenvalue weighted by Gasteiger charge is 2.25. The van der Waals surface area contributed by atoms with Crippen LogP contribution in [0.25, 0.3) is 0 Å². The van der Waals surface area contributed by atoms with Crippen molar-refractivity contribution in [1.82, 2.24) is 9.88 Å². The monoisotopic (exact) mass is 310 g/mol. The van der Waals surface area contributed by atoms with Crippen molar-refractivity contribution < 1.29 is 14.3 Å². The minimum Gasteiger partial charge on any atom is -0.465 e. The second-order valence-electron chi connectivity index (χ2n) is 5.54. The number of aromatic nitrogens is 1. The van der Waals surface area contributed by atoms with Crippen molar-refractivity contribution in [2.75, 3.05) is 13.7 Å². The summed E-state index contributed by atoms with van der Waals surface area (Å²) >= 11 is 0. The summed E-state index contributed by atoms with van der Waals surface area (Å²) in [4.78, 5) is 30.2. The average Bonchev–Trinajstić information content (AvgIpc) is 2.60. The van der Waals surface area contributed by atoms with Crippen molar-refractivity contribution in [3.05, 3.63) is 65.0 Å². The molecule has 0 unspecified atom stereocenters. The topological polar surface area (TPSA) is 59.5 Å². The zero-order chi connectivity index (χ0) is 16.2. The van der Waals surface area contributed by atoms with Gasteiger partial charge in [0.1, 0.15) is 0 Å². The summed E-state index contributed by atoms with van der Waals surface area (Å²) in [5.74, 6) is -0.288. The number of pyridine rings is 1. The number of carbonyl (C=O) groups is 2. The van der Waals surface area contributed by atoms with Crippen LogP contribution in [0.1, 0.15) is 27.0 Å². The third-order valence-electron chi connectivity index (χ3n) is 4.10. The fourth-order valence-electron chi connectivity index (χ4n) is 2.87. The van der Waals surface area contributed by atoms with Crippen molar-refractivity contribution in [3.8, 4) is 0 Å². The lowest BCUT2D eigenvalue weighted by Crippen LogP contribution is -2.37. The number of rotatable bonds is 3. The molecule has 1 aromatic heterocycles. The van der Waals surface area contributed by atoms with Gasteiger partial charge in [-0.05, 0) is 23.1 Å². The van der Waals surface area contributed by atoms with Gasteiger partial charge in [0.25, 0.3) is 0 Å². The third-order valence-corrected chi connectivity index (χ3v) is 4.10. The summed E-state index contributed by atoms with van der Waals surface area (Å²) in [6.45, 7) is 1.09. The van der Waals surface area contributed by atoms with Crippen LogP contribution in [-0.2, 0) is 28.9 Å². The Morgan fingerprint density at radius 3 is 2.74 bits per heavy atom. The molecule has 0 aliphatic carbocycles. The van der Waals surface area contributed by atoms with Crippen molar-refractivity contribution >= 4 is 11.9 Å². The molecule has 118 valence electrons. The molecule has 1 aliphatic rings. The molecule has 0 saturated carbocycles. The molecule has 23 heavy (non-hydrogen) atoms. The number of hydrogen-bond donors (Lipinski definition) is 0. The van der Waals surface area contributed by atoms with Crippen LogP contribution < -0.4 is 0 Å². The van der Waals surface area contributed by atoms with E-state index in [9.17, 15) is 9.59 Å². The molecule has 5 heteroatoms. The molecule has 0 bridgehead atoms. The Morgan fingerprint density at radius 2 is 2.00 bits per heavy atom. The molecule has 0 saturated heterocycles. The Labute approximate surface area is 134 Å². The van der Waals surface area contributed by atoms with Gasteiger partial charge in [0, 0.05) is 25.5 Å².